The zero-order valence-corrected chi connectivity index (χ0v) is 10.7. The Morgan fingerprint density at radius 1 is 1.53 bits per heavy atom. The molecule has 0 aliphatic heterocycles. The molecule has 2 N–H and O–H groups in total. The van der Waals surface area contributed by atoms with E-state index in [0.717, 1.165) is 23.7 Å². The van der Waals surface area contributed by atoms with Gasteiger partial charge < -0.3 is 10.5 Å². The molecule has 1 aromatic heterocycles. The number of hydrogen-bond acceptors (Lipinski definition) is 4. The quantitative estimate of drug-likeness (QED) is 0.811. The zero-order chi connectivity index (χ0) is 12.3. The maximum absolute atomic E-state index is 5.70. The molecule has 96 valence electrons. The van der Waals surface area contributed by atoms with Crippen LogP contribution in [0.4, 0.5) is 0 Å². The van der Waals surface area contributed by atoms with Gasteiger partial charge in [0.15, 0.2) is 0 Å². The topological polar surface area (TPSA) is 66.0 Å². The van der Waals surface area contributed by atoms with E-state index >= 15 is 0 Å². The van der Waals surface area contributed by atoms with E-state index in [4.69, 9.17) is 10.5 Å². The number of nitrogens with two attached hydrogens (primary N) is 1. The molecule has 0 amide bonds. The minimum atomic E-state index is 0.434. The first kappa shape index (κ1) is 12.5. The van der Waals surface area contributed by atoms with Gasteiger partial charge in [0.05, 0.1) is 24.0 Å². The second kappa shape index (κ2) is 5.60. The molecule has 2 rings (SSSR count). The van der Waals surface area contributed by atoms with Gasteiger partial charge >= 0.3 is 0 Å². The summed E-state index contributed by atoms with van der Waals surface area (Å²) in [4.78, 5) is 0. The summed E-state index contributed by atoms with van der Waals surface area (Å²) in [5.41, 5.74) is 7.76. The summed E-state index contributed by atoms with van der Waals surface area (Å²) >= 11 is 0. The number of hydrogen-bond donors (Lipinski definition) is 1. The van der Waals surface area contributed by atoms with Crippen LogP contribution in [-0.2, 0) is 17.7 Å². The first-order valence-corrected chi connectivity index (χ1v) is 6.39. The van der Waals surface area contributed by atoms with Crippen LogP contribution >= 0.6 is 0 Å². The van der Waals surface area contributed by atoms with Gasteiger partial charge in [0.1, 0.15) is 0 Å². The highest BCUT2D eigenvalue weighted by Gasteiger charge is 2.28. The summed E-state index contributed by atoms with van der Waals surface area (Å²) < 4.78 is 7.20. The van der Waals surface area contributed by atoms with Gasteiger partial charge in [-0.05, 0) is 25.7 Å². The Kier molecular flexibility index (Phi) is 4.12. The van der Waals surface area contributed by atoms with Crippen LogP contribution in [0.1, 0.15) is 43.6 Å². The summed E-state index contributed by atoms with van der Waals surface area (Å²) in [5, 5.41) is 8.46. The Morgan fingerprint density at radius 3 is 2.82 bits per heavy atom. The number of rotatable bonds is 6. The molecule has 0 radical (unpaired) electrons. The van der Waals surface area contributed by atoms with E-state index in [1.807, 2.05) is 0 Å². The van der Waals surface area contributed by atoms with Crippen LogP contribution in [0.5, 0.6) is 0 Å². The van der Waals surface area contributed by atoms with Crippen LogP contribution < -0.4 is 5.73 Å². The maximum Gasteiger partial charge on any atom is 0.0995 e. The van der Waals surface area contributed by atoms with E-state index < -0.39 is 0 Å². The predicted octanol–water partition coefficient (Wildman–Crippen LogP) is 1.29. The summed E-state index contributed by atoms with van der Waals surface area (Å²) in [5.74, 6) is 0.753. The standard InChI is InChI=1S/C12H22N4O/c1-9(10-4-3-5-10)16-12(6-7-17-2)11(8-13)14-15-16/h9-10H,3-8,13H2,1-2H3. The van der Waals surface area contributed by atoms with Crippen molar-refractivity contribution in [2.75, 3.05) is 13.7 Å². The number of aromatic nitrogens is 3. The lowest BCUT2D eigenvalue weighted by Crippen LogP contribution is -2.25. The molecule has 0 aromatic carbocycles. The maximum atomic E-state index is 5.70. The van der Waals surface area contributed by atoms with Gasteiger partial charge in [-0.2, -0.15) is 0 Å². The second-order valence-corrected chi connectivity index (χ2v) is 4.81. The Hall–Kier alpha value is -0.940. The molecule has 1 aliphatic rings. The highest BCUT2D eigenvalue weighted by atomic mass is 16.5. The van der Waals surface area contributed by atoms with Crippen LogP contribution in [0.25, 0.3) is 0 Å². The lowest BCUT2D eigenvalue weighted by atomic mass is 9.80. The third-order valence-electron chi connectivity index (χ3n) is 3.83. The average molecular weight is 238 g/mol. The minimum Gasteiger partial charge on any atom is -0.384 e. The third-order valence-corrected chi connectivity index (χ3v) is 3.83. The Morgan fingerprint density at radius 2 is 2.29 bits per heavy atom. The monoisotopic (exact) mass is 238 g/mol. The fraction of sp³-hybridized carbons (Fsp3) is 0.833. The fourth-order valence-electron chi connectivity index (χ4n) is 2.41. The Labute approximate surface area is 102 Å². The average Bonchev–Trinajstić information content (AvgIpc) is 2.66. The molecule has 1 aromatic rings. The van der Waals surface area contributed by atoms with Crippen molar-refractivity contribution in [3.63, 3.8) is 0 Å². The molecule has 5 nitrogen and oxygen atoms in total. The number of ether oxygens (including phenoxy) is 1. The van der Waals surface area contributed by atoms with E-state index in [0.29, 0.717) is 19.2 Å². The van der Waals surface area contributed by atoms with Crippen LogP contribution in [0.15, 0.2) is 0 Å². The molecule has 0 bridgehead atoms. The lowest BCUT2D eigenvalue weighted by Gasteiger charge is -2.32. The van der Waals surface area contributed by atoms with Crippen molar-refractivity contribution < 1.29 is 4.74 Å². The number of nitrogens with zero attached hydrogens (tertiary/aromatic N) is 3. The molecular weight excluding hydrogens is 216 g/mol. The molecule has 1 atom stereocenters. The molecule has 5 heteroatoms. The summed E-state index contributed by atoms with van der Waals surface area (Å²) in [6.45, 7) is 3.38. The van der Waals surface area contributed by atoms with Crippen molar-refractivity contribution in [2.24, 2.45) is 11.7 Å². The first-order chi connectivity index (χ1) is 8.27. The SMILES string of the molecule is COCCc1c(CN)nnn1C(C)C1CCC1. The van der Waals surface area contributed by atoms with E-state index in [1.165, 1.54) is 19.3 Å². The molecular formula is C12H22N4O. The molecule has 1 aliphatic carbocycles. The normalized spacial score (nSPS) is 18.1. The predicted molar refractivity (Wildman–Crippen MR) is 65.5 cm³/mol. The van der Waals surface area contributed by atoms with Gasteiger partial charge in [-0.3, -0.25) is 0 Å². The molecule has 1 heterocycles. The lowest BCUT2D eigenvalue weighted by molar-refractivity contribution is 0.187. The van der Waals surface area contributed by atoms with Gasteiger partial charge in [0, 0.05) is 20.1 Å². The van der Waals surface area contributed by atoms with Crippen molar-refractivity contribution in [3.8, 4) is 0 Å². The first-order valence-electron chi connectivity index (χ1n) is 6.39. The van der Waals surface area contributed by atoms with Crippen LogP contribution in [0, 0.1) is 5.92 Å². The van der Waals surface area contributed by atoms with Gasteiger partial charge in [-0.1, -0.05) is 11.6 Å². The van der Waals surface area contributed by atoms with Gasteiger partial charge in [-0.15, -0.1) is 5.10 Å². The van der Waals surface area contributed by atoms with Crippen molar-refractivity contribution in [3.05, 3.63) is 11.4 Å². The Balaban J connectivity index is 2.16. The van der Waals surface area contributed by atoms with Crippen molar-refractivity contribution in [1.29, 1.82) is 0 Å². The van der Waals surface area contributed by atoms with Crippen molar-refractivity contribution >= 4 is 0 Å². The molecule has 1 saturated carbocycles. The molecule has 1 fully saturated rings. The van der Waals surface area contributed by atoms with Gasteiger partial charge in [0.2, 0.25) is 0 Å². The largest absolute Gasteiger partial charge is 0.384 e. The van der Waals surface area contributed by atoms with Crippen LogP contribution in [0.2, 0.25) is 0 Å². The fourth-order valence-corrected chi connectivity index (χ4v) is 2.41. The van der Waals surface area contributed by atoms with E-state index in [2.05, 4.69) is 21.9 Å². The molecule has 0 spiro atoms. The van der Waals surface area contributed by atoms with Gasteiger partial charge in [-0.25, -0.2) is 4.68 Å². The van der Waals surface area contributed by atoms with E-state index in [1.54, 1.807) is 7.11 Å². The smallest absolute Gasteiger partial charge is 0.0995 e. The Bertz CT molecular complexity index is 359. The van der Waals surface area contributed by atoms with E-state index in [9.17, 15) is 0 Å². The second-order valence-electron chi connectivity index (χ2n) is 4.81. The van der Waals surface area contributed by atoms with Crippen LogP contribution in [0.3, 0.4) is 0 Å². The molecule has 0 saturated heterocycles. The third kappa shape index (κ3) is 2.50. The zero-order valence-electron chi connectivity index (χ0n) is 10.7. The summed E-state index contributed by atoms with van der Waals surface area (Å²) in [6, 6.07) is 0.434. The van der Waals surface area contributed by atoms with Crippen molar-refractivity contribution in [1.82, 2.24) is 15.0 Å². The highest BCUT2D eigenvalue weighted by Crippen LogP contribution is 2.36. The van der Waals surface area contributed by atoms with E-state index in [-0.39, 0.29) is 0 Å². The number of methoxy groups -OCH3 is 1. The van der Waals surface area contributed by atoms with Crippen LogP contribution in [-0.4, -0.2) is 28.7 Å². The van der Waals surface area contributed by atoms with Crippen molar-refractivity contribution in [2.45, 2.75) is 45.2 Å². The highest BCUT2D eigenvalue weighted by molar-refractivity contribution is 5.11. The molecule has 17 heavy (non-hydrogen) atoms. The summed E-state index contributed by atoms with van der Waals surface area (Å²) in [7, 11) is 1.71. The molecule has 1 unspecified atom stereocenters. The van der Waals surface area contributed by atoms with Gasteiger partial charge in [0.25, 0.3) is 0 Å². The minimum absolute atomic E-state index is 0.434. The summed E-state index contributed by atoms with van der Waals surface area (Å²) in [6.07, 6.45) is 4.80.